The van der Waals surface area contributed by atoms with Crippen LogP contribution in [0.4, 0.5) is 5.69 Å². The molecule has 2 aromatic rings. The molecule has 5 heteroatoms. The monoisotopic (exact) mass is 356 g/mol. The Morgan fingerprint density at radius 2 is 1.69 bits per heavy atom. The molecule has 0 heterocycles. The van der Waals surface area contributed by atoms with Crippen LogP contribution in [-0.2, 0) is 11.2 Å². The van der Waals surface area contributed by atoms with Gasteiger partial charge in [-0.3, -0.25) is 4.79 Å². The summed E-state index contributed by atoms with van der Waals surface area (Å²) in [4.78, 5) is 12.3. The number of benzene rings is 2. The average molecular weight is 356 g/mol. The van der Waals surface area contributed by atoms with Gasteiger partial charge in [-0.15, -0.1) is 0 Å². The maximum atomic E-state index is 12.3. The van der Waals surface area contributed by atoms with E-state index < -0.39 is 0 Å². The topological polar surface area (TPSA) is 59.6 Å². The molecule has 0 bridgehead atoms. The zero-order chi connectivity index (χ0) is 18.9. The van der Waals surface area contributed by atoms with Crippen molar-refractivity contribution in [3.05, 3.63) is 54.1 Å². The summed E-state index contributed by atoms with van der Waals surface area (Å²) in [5.41, 5.74) is 1.94. The van der Waals surface area contributed by atoms with E-state index in [2.05, 4.69) is 24.5 Å². The minimum atomic E-state index is -0.0160. The smallest absolute Gasteiger partial charge is 0.224 e. The summed E-state index contributed by atoms with van der Waals surface area (Å²) in [5.74, 6) is 1.65. The van der Waals surface area contributed by atoms with Crippen LogP contribution in [0.2, 0.25) is 0 Å². The number of amides is 1. The van der Waals surface area contributed by atoms with Crippen molar-refractivity contribution in [2.75, 3.05) is 26.1 Å². The van der Waals surface area contributed by atoms with Gasteiger partial charge in [0.25, 0.3) is 0 Å². The van der Waals surface area contributed by atoms with E-state index in [1.54, 1.807) is 14.2 Å². The fourth-order valence-electron chi connectivity index (χ4n) is 2.66. The highest BCUT2D eigenvalue weighted by Crippen LogP contribution is 2.27. The first-order valence-electron chi connectivity index (χ1n) is 8.82. The first-order chi connectivity index (χ1) is 12.5. The van der Waals surface area contributed by atoms with E-state index in [-0.39, 0.29) is 11.9 Å². The lowest BCUT2D eigenvalue weighted by Gasteiger charge is -2.24. The maximum absolute atomic E-state index is 12.3. The molecule has 0 radical (unpaired) electrons. The number of hydrogen-bond acceptors (Lipinski definition) is 4. The molecule has 5 nitrogen and oxygen atoms in total. The molecule has 0 saturated heterocycles. The minimum Gasteiger partial charge on any atom is -0.493 e. The summed E-state index contributed by atoms with van der Waals surface area (Å²) < 4.78 is 10.5. The number of para-hydroxylation sites is 1. The number of rotatable bonds is 9. The molecule has 0 aliphatic carbocycles. The molecule has 1 unspecified atom stereocenters. The molecule has 0 aliphatic heterocycles. The molecule has 0 saturated carbocycles. The van der Waals surface area contributed by atoms with E-state index in [4.69, 9.17) is 9.47 Å². The molecule has 1 atom stereocenters. The number of methoxy groups -OCH3 is 2. The summed E-state index contributed by atoms with van der Waals surface area (Å²) in [6.45, 7) is 4.85. The van der Waals surface area contributed by atoms with Crippen LogP contribution in [0.25, 0.3) is 0 Å². The van der Waals surface area contributed by atoms with Crippen LogP contribution >= 0.6 is 0 Å². The summed E-state index contributed by atoms with van der Waals surface area (Å²) >= 11 is 0. The SMILES string of the molecule is COc1ccc(CC(=O)NCC(Nc2ccccc2)C(C)C)cc1OC. The standard InChI is InChI=1S/C21H28N2O3/c1-15(2)18(23-17-8-6-5-7-9-17)14-22-21(24)13-16-10-11-19(25-3)20(12-16)26-4/h5-12,15,18,23H,13-14H2,1-4H3,(H,22,24). The number of anilines is 1. The molecular formula is C21H28N2O3. The molecule has 2 aromatic carbocycles. The summed E-state index contributed by atoms with van der Waals surface area (Å²) in [6.07, 6.45) is 0.302. The Morgan fingerprint density at radius 1 is 1.00 bits per heavy atom. The van der Waals surface area contributed by atoms with Gasteiger partial charge in [0.1, 0.15) is 0 Å². The van der Waals surface area contributed by atoms with Gasteiger partial charge in [0, 0.05) is 18.3 Å². The number of hydrogen-bond donors (Lipinski definition) is 2. The van der Waals surface area contributed by atoms with Gasteiger partial charge >= 0.3 is 0 Å². The lowest BCUT2D eigenvalue weighted by molar-refractivity contribution is -0.120. The molecule has 2 rings (SSSR count). The predicted molar refractivity (Wildman–Crippen MR) is 105 cm³/mol. The van der Waals surface area contributed by atoms with Gasteiger partial charge in [-0.1, -0.05) is 38.1 Å². The normalized spacial score (nSPS) is 11.7. The van der Waals surface area contributed by atoms with Crippen molar-refractivity contribution in [3.63, 3.8) is 0 Å². The summed E-state index contributed by atoms with van der Waals surface area (Å²) in [5, 5.41) is 6.51. The molecule has 0 aromatic heterocycles. The number of ether oxygens (including phenoxy) is 2. The average Bonchev–Trinajstić information content (AvgIpc) is 2.65. The molecule has 1 amide bonds. The lowest BCUT2D eigenvalue weighted by atomic mass is 10.0. The summed E-state index contributed by atoms with van der Waals surface area (Å²) in [6, 6.07) is 15.7. The van der Waals surface area contributed by atoms with Crippen LogP contribution in [0.1, 0.15) is 19.4 Å². The third-order valence-corrected chi connectivity index (χ3v) is 4.26. The van der Waals surface area contributed by atoms with Crippen molar-refractivity contribution in [2.24, 2.45) is 5.92 Å². The van der Waals surface area contributed by atoms with E-state index in [0.29, 0.717) is 30.4 Å². The second kappa shape index (κ2) is 9.70. The first kappa shape index (κ1) is 19.6. The van der Waals surface area contributed by atoms with Crippen molar-refractivity contribution in [1.82, 2.24) is 5.32 Å². The number of carbonyl (C=O) groups is 1. The highest BCUT2D eigenvalue weighted by molar-refractivity contribution is 5.78. The van der Waals surface area contributed by atoms with Gasteiger partial charge in [0.15, 0.2) is 11.5 Å². The van der Waals surface area contributed by atoms with Crippen LogP contribution in [0.15, 0.2) is 48.5 Å². The van der Waals surface area contributed by atoms with Gasteiger partial charge in [0.2, 0.25) is 5.91 Å². The van der Waals surface area contributed by atoms with E-state index in [0.717, 1.165) is 11.3 Å². The largest absolute Gasteiger partial charge is 0.493 e. The molecule has 26 heavy (non-hydrogen) atoms. The van der Waals surface area contributed by atoms with Crippen LogP contribution in [0, 0.1) is 5.92 Å². The highest BCUT2D eigenvalue weighted by Gasteiger charge is 2.15. The maximum Gasteiger partial charge on any atom is 0.224 e. The molecule has 0 aliphatic rings. The van der Waals surface area contributed by atoms with Crippen molar-refractivity contribution in [2.45, 2.75) is 26.3 Å². The number of nitrogens with one attached hydrogen (secondary N) is 2. The van der Waals surface area contributed by atoms with E-state index in [1.165, 1.54) is 0 Å². The Kier molecular flexibility index (Phi) is 7.33. The quantitative estimate of drug-likeness (QED) is 0.722. The van der Waals surface area contributed by atoms with Gasteiger partial charge in [-0.2, -0.15) is 0 Å². The fourth-order valence-corrected chi connectivity index (χ4v) is 2.66. The van der Waals surface area contributed by atoms with Gasteiger partial charge < -0.3 is 20.1 Å². The summed E-state index contributed by atoms with van der Waals surface area (Å²) in [7, 11) is 3.18. The molecule has 0 fully saturated rings. The van der Waals surface area contributed by atoms with Gasteiger partial charge in [-0.05, 0) is 35.7 Å². The van der Waals surface area contributed by atoms with E-state index >= 15 is 0 Å². The third-order valence-electron chi connectivity index (χ3n) is 4.26. The van der Waals surface area contributed by atoms with Gasteiger partial charge in [-0.25, -0.2) is 0 Å². The third kappa shape index (κ3) is 5.69. The molecular weight excluding hydrogens is 328 g/mol. The zero-order valence-corrected chi connectivity index (χ0v) is 15.9. The van der Waals surface area contributed by atoms with E-state index in [1.807, 2.05) is 48.5 Å². The Hall–Kier alpha value is -2.69. The minimum absolute atomic E-state index is 0.0160. The molecule has 0 spiro atoms. The fraction of sp³-hybridized carbons (Fsp3) is 0.381. The second-order valence-electron chi connectivity index (χ2n) is 6.53. The van der Waals surface area contributed by atoms with Crippen molar-refractivity contribution in [1.29, 1.82) is 0 Å². The van der Waals surface area contributed by atoms with Crippen LogP contribution in [0.3, 0.4) is 0 Å². The molecule has 140 valence electrons. The second-order valence-corrected chi connectivity index (χ2v) is 6.53. The molecule has 2 N–H and O–H groups in total. The van der Waals surface area contributed by atoms with Crippen LogP contribution in [0.5, 0.6) is 11.5 Å². The zero-order valence-electron chi connectivity index (χ0n) is 15.9. The Labute approximate surface area is 155 Å². The van der Waals surface area contributed by atoms with Crippen molar-refractivity contribution in [3.8, 4) is 11.5 Å². The van der Waals surface area contributed by atoms with Gasteiger partial charge in [0.05, 0.1) is 20.6 Å². The highest BCUT2D eigenvalue weighted by atomic mass is 16.5. The van der Waals surface area contributed by atoms with E-state index in [9.17, 15) is 4.79 Å². The van der Waals surface area contributed by atoms with Crippen molar-refractivity contribution >= 4 is 11.6 Å². The van der Waals surface area contributed by atoms with Crippen LogP contribution < -0.4 is 20.1 Å². The Morgan fingerprint density at radius 3 is 2.31 bits per heavy atom. The predicted octanol–water partition coefficient (Wildman–Crippen LogP) is 3.50. The Bertz CT molecular complexity index is 702. The van der Waals surface area contributed by atoms with Crippen LogP contribution in [-0.4, -0.2) is 32.7 Å². The lowest BCUT2D eigenvalue weighted by Crippen LogP contribution is -2.40. The Balaban J connectivity index is 1.92. The first-order valence-corrected chi connectivity index (χ1v) is 8.82. The number of carbonyl (C=O) groups excluding carboxylic acids is 1. The van der Waals surface area contributed by atoms with Crippen molar-refractivity contribution < 1.29 is 14.3 Å².